The van der Waals surface area contributed by atoms with E-state index in [1.54, 1.807) is 0 Å². The van der Waals surface area contributed by atoms with Gasteiger partial charge >= 0.3 is 5.97 Å². The number of aromatic nitrogens is 1. The molecule has 0 aliphatic heterocycles. The van der Waals surface area contributed by atoms with Crippen LogP contribution in [0.25, 0.3) is 10.9 Å². The van der Waals surface area contributed by atoms with Crippen LogP contribution in [-0.2, 0) is 16.0 Å². The van der Waals surface area contributed by atoms with Crippen LogP contribution in [0.3, 0.4) is 0 Å². The van der Waals surface area contributed by atoms with Crippen molar-refractivity contribution in [1.82, 2.24) is 15.6 Å². The molecule has 7 heteroatoms. The van der Waals surface area contributed by atoms with Crippen molar-refractivity contribution in [3.63, 3.8) is 0 Å². The summed E-state index contributed by atoms with van der Waals surface area (Å²) >= 11 is 3.53. The van der Waals surface area contributed by atoms with E-state index in [2.05, 4.69) is 43.7 Å². The number of amides is 1. The third-order valence-corrected chi connectivity index (χ3v) is 5.15. The molecule has 1 unspecified atom stereocenters. The number of aryl methyl sites for hydroxylation is 1. The predicted molar refractivity (Wildman–Crippen MR) is 99.5 cm³/mol. The number of aliphatic carboxylic acids is 1. The van der Waals surface area contributed by atoms with E-state index in [1.165, 1.54) is 23.6 Å². The Labute approximate surface area is 154 Å². The zero-order valence-electron chi connectivity index (χ0n) is 14.1. The molecule has 3 rings (SSSR count). The highest BCUT2D eigenvalue weighted by molar-refractivity contribution is 9.10. The fourth-order valence-corrected chi connectivity index (χ4v) is 3.74. The Bertz CT molecular complexity index is 802. The Kier molecular flexibility index (Phi) is 5.44. The van der Waals surface area contributed by atoms with Gasteiger partial charge in [0.1, 0.15) is 6.04 Å². The highest BCUT2D eigenvalue weighted by Gasteiger charge is 2.24. The van der Waals surface area contributed by atoms with E-state index in [-0.39, 0.29) is 18.4 Å². The molecule has 1 aromatic heterocycles. The van der Waals surface area contributed by atoms with E-state index in [4.69, 9.17) is 5.11 Å². The minimum Gasteiger partial charge on any atom is -0.480 e. The van der Waals surface area contributed by atoms with E-state index in [0.717, 1.165) is 29.3 Å². The fraction of sp³-hybridized carbons (Fsp3) is 0.444. The second-order valence-electron chi connectivity index (χ2n) is 6.48. The van der Waals surface area contributed by atoms with Crippen molar-refractivity contribution in [2.45, 2.75) is 44.7 Å². The predicted octanol–water partition coefficient (Wildman–Crippen LogP) is 2.88. The normalized spacial score (nSPS) is 17.9. The number of carboxylic acid groups (broad SMARTS) is 1. The highest BCUT2D eigenvalue weighted by Crippen LogP contribution is 2.35. The first-order valence-electron chi connectivity index (χ1n) is 8.51. The van der Waals surface area contributed by atoms with Crippen LogP contribution in [-0.4, -0.2) is 34.6 Å². The Hall–Kier alpha value is -1.86. The highest BCUT2D eigenvalue weighted by atomic mass is 79.9. The molecular weight excluding hydrogens is 386 g/mol. The third-order valence-electron chi connectivity index (χ3n) is 4.66. The molecule has 1 amide bonds. The van der Waals surface area contributed by atoms with Gasteiger partial charge in [0.15, 0.2) is 0 Å². The molecule has 6 nitrogen and oxygen atoms in total. The van der Waals surface area contributed by atoms with Crippen LogP contribution in [0.1, 0.15) is 43.5 Å². The van der Waals surface area contributed by atoms with Gasteiger partial charge in [-0.3, -0.25) is 9.59 Å². The summed E-state index contributed by atoms with van der Waals surface area (Å²) in [7, 11) is 0. The number of H-pyrrole nitrogens is 1. The maximum atomic E-state index is 11.8. The Morgan fingerprint density at radius 1 is 1.44 bits per heavy atom. The molecule has 0 bridgehead atoms. The van der Waals surface area contributed by atoms with Crippen LogP contribution in [0.2, 0.25) is 0 Å². The molecule has 4 N–H and O–H groups in total. The summed E-state index contributed by atoms with van der Waals surface area (Å²) in [5, 5.41) is 16.0. The van der Waals surface area contributed by atoms with Gasteiger partial charge in [0, 0.05) is 40.1 Å². The first kappa shape index (κ1) is 17.9. The number of fused-ring (bicyclic) bond motifs is 3. The average molecular weight is 408 g/mol. The molecule has 2 atom stereocenters. The smallest absolute Gasteiger partial charge is 0.325 e. The number of aromatic amines is 1. The van der Waals surface area contributed by atoms with E-state index in [1.807, 2.05) is 6.07 Å². The van der Waals surface area contributed by atoms with Crippen LogP contribution in [0, 0.1) is 0 Å². The van der Waals surface area contributed by atoms with E-state index < -0.39 is 12.0 Å². The molecule has 0 fully saturated rings. The Balaban J connectivity index is 1.63. The minimum absolute atomic E-state index is 0.194. The fourth-order valence-electron chi connectivity index (χ4n) is 3.37. The topological polar surface area (TPSA) is 94.2 Å². The number of carbonyl (C=O) groups is 2. The summed E-state index contributed by atoms with van der Waals surface area (Å²) in [6.45, 7) is 1.98. The van der Waals surface area contributed by atoms with Crippen molar-refractivity contribution >= 4 is 38.7 Å². The largest absolute Gasteiger partial charge is 0.480 e. The van der Waals surface area contributed by atoms with Crippen molar-refractivity contribution in [1.29, 1.82) is 0 Å². The number of hydrogen-bond donors (Lipinski definition) is 4. The van der Waals surface area contributed by atoms with Crippen LogP contribution in [0.5, 0.6) is 0 Å². The number of nitrogens with one attached hydrogen (secondary N) is 3. The first-order valence-corrected chi connectivity index (χ1v) is 9.30. The quantitative estimate of drug-likeness (QED) is 0.591. The molecule has 1 heterocycles. The lowest BCUT2D eigenvalue weighted by Gasteiger charge is -2.24. The van der Waals surface area contributed by atoms with E-state index in [9.17, 15) is 9.59 Å². The second-order valence-corrected chi connectivity index (χ2v) is 7.40. The lowest BCUT2D eigenvalue weighted by atomic mass is 9.91. The molecule has 0 radical (unpaired) electrons. The van der Waals surface area contributed by atoms with Crippen LogP contribution >= 0.6 is 15.9 Å². The van der Waals surface area contributed by atoms with Crippen LogP contribution in [0.4, 0.5) is 0 Å². The van der Waals surface area contributed by atoms with Gasteiger partial charge in [-0.2, -0.15) is 0 Å². The Morgan fingerprint density at radius 2 is 2.24 bits per heavy atom. The van der Waals surface area contributed by atoms with Crippen molar-refractivity contribution in [2.24, 2.45) is 0 Å². The van der Waals surface area contributed by atoms with Gasteiger partial charge < -0.3 is 20.7 Å². The SMILES string of the molecule is C[C@H](NC(=O)CCNC1CCCc2c1[nH]c1ccc(Br)cc21)C(=O)O. The molecule has 2 aromatic rings. The molecule has 0 spiro atoms. The zero-order valence-corrected chi connectivity index (χ0v) is 15.6. The minimum atomic E-state index is -1.03. The van der Waals surface area contributed by atoms with Gasteiger partial charge in [-0.25, -0.2) is 0 Å². The molecule has 1 aliphatic carbocycles. The van der Waals surface area contributed by atoms with Gasteiger partial charge in [0.05, 0.1) is 0 Å². The monoisotopic (exact) mass is 407 g/mol. The van der Waals surface area contributed by atoms with Gasteiger partial charge in [-0.1, -0.05) is 15.9 Å². The summed E-state index contributed by atoms with van der Waals surface area (Å²) < 4.78 is 1.07. The number of hydrogen-bond acceptors (Lipinski definition) is 3. The number of halogens is 1. The average Bonchev–Trinajstić information content (AvgIpc) is 2.93. The van der Waals surface area contributed by atoms with E-state index in [0.29, 0.717) is 6.54 Å². The number of carbonyl (C=O) groups excluding carboxylic acids is 1. The standard InChI is InChI=1S/C18H22BrN3O3/c1-10(18(24)25)21-16(23)7-8-20-15-4-2-3-12-13-9-11(19)5-6-14(13)22-17(12)15/h5-6,9-10,15,20,22H,2-4,7-8H2,1H3,(H,21,23)(H,24,25)/t10-,15?/m0/s1. The second kappa shape index (κ2) is 7.58. The zero-order chi connectivity index (χ0) is 18.0. The summed E-state index contributed by atoms with van der Waals surface area (Å²) in [5.74, 6) is -1.28. The van der Waals surface area contributed by atoms with Gasteiger partial charge in [0.25, 0.3) is 0 Å². The van der Waals surface area contributed by atoms with Gasteiger partial charge in [-0.15, -0.1) is 0 Å². The van der Waals surface area contributed by atoms with Gasteiger partial charge in [0.2, 0.25) is 5.91 Å². The number of carboxylic acids is 1. The lowest BCUT2D eigenvalue weighted by Crippen LogP contribution is -2.39. The van der Waals surface area contributed by atoms with Gasteiger partial charge in [-0.05, 0) is 49.9 Å². The lowest BCUT2D eigenvalue weighted by molar-refractivity contribution is -0.141. The molecule has 1 aliphatic rings. The summed E-state index contributed by atoms with van der Waals surface area (Å²) in [5.41, 5.74) is 3.69. The molecule has 0 saturated heterocycles. The van der Waals surface area contributed by atoms with Crippen molar-refractivity contribution in [3.8, 4) is 0 Å². The molecule has 0 saturated carbocycles. The van der Waals surface area contributed by atoms with E-state index >= 15 is 0 Å². The summed E-state index contributed by atoms with van der Waals surface area (Å²) in [4.78, 5) is 26.1. The maximum absolute atomic E-state index is 11.8. The molecule has 25 heavy (non-hydrogen) atoms. The third kappa shape index (κ3) is 4.04. The maximum Gasteiger partial charge on any atom is 0.325 e. The number of rotatable bonds is 6. The number of benzene rings is 1. The van der Waals surface area contributed by atoms with Crippen molar-refractivity contribution in [3.05, 3.63) is 33.9 Å². The van der Waals surface area contributed by atoms with Crippen LogP contribution in [0.15, 0.2) is 22.7 Å². The van der Waals surface area contributed by atoms with Crippen LogP contribution < -0.4 is 10.6 Å². The van der Waals surface area contributed by atoms with Crippen molar-refractivity contribution < 1.29 is 14.7 Å². The first-order chi connectivity index (χ1) is 12.0. The summed E-state index contributed by atoms with van der Waals surface area (Å²) in [6.07, 6.45) is 3.44. The summed E-state index contributed by atoms with van der Waals surface area (Å²) in [6, 6.07) is 5.59. The molecule has 134 valence electrons. The molecule has 1 aromatic carbocycles. The van der Waals surface area contributed by atoms with Crippen molar-refractivity contribution in [2.75, 3.05) is 6.54 Å². The molecular formula is C18H22BrN3O3. The Morgan fingerprint density at radius 3 is 3.00 bits per heavy atom.